The molecular weight excluding hydrogens is 237 g/mol. The maximum atomic E-state index is 13.2. The quantitative estimate of drug-likeness (QED) is 0.799. The molecule has 0 aromatic carbocycles. The van der Waals surface area contributed by atoms with Crippen molar-refractivity contribution in [1.29, 1.82) is 0 Å². The van der Waals surface area contributed by atoms with Crippen LogP contribution in [0, 0.1) is 5.95 Å². The highest BCUT2D eigenvalue weighted by Gasteiger charge is 2.19. The summed E-state index contributed by atoms with van der Waals surface area (Å²) in [6.45, 7) is 1.36. The number of hydrogen-bond donors (Lipinski definition) is 1. The van der Waals surface area contributed by atoms with Crippen LogP contribution < -0.4 is 5.32 Å². The molecule has 0 saturated carbocycles. The van der Waals surface area contributed by atoms with Gasteiger partial charge in [-0.2, -0.15) is 4.39 Å². The number of hydrogen-bond acceptors (Lipinski definition) is 3. The van der Waals surface area contributed by atoms with Crippen LogP contribution in [0.1, 0.15) is 23.2 Å². The molecule has 1 aromatic heterocycles. The third-order valence-corrected chi connectivity index (χ3v) is 2.86. The lowest BCUT2D eigenvalue weighted by Gasteiger charge is -2.15. The molecule has 2 heterocycles. The van der Waals surface area contributed by atoms with E-state index < -0.39 is 11.9 Å². The number of rotatable bonds is 3. The van der Waals surface area contributed by atoms with E-state index in [-0.39, 0.29) is 18.0 Å². The minimum absolute atomic E-state index is 0.104. The van der Waals surface area contributed by atoms with E-state index >= 15 is 0 Å². The fraction of sp³-hybridized carbons (Fsp3) is 0.417. The summed E-state index contributed by atoms with van der Waals surface area (Å²) in [5.74, 6) is -1.58. The molecule has 0 bridgehead atoms. The van der Waals surface area contributed by atoms with E-state index in [0.717, 1.165) is 25.9 Å². The molecule has 0 aliphatic carbocycles. The molecule has 0 unspecified atom stereocenters. The van der Waals surface area contributed by atoms with Gasteiger partial charge in [0.1, 0.15) is 0 Å². The van der Waals surface area contributed by atoms with Gasteiger partial charge in [-0.1, -0.05) is 0 Å². The first kappa shape index (κ1) is 12.5. The lowest BCUT2D eigenvalue weighted by molar-refractivity contribution is -0.129. The number of nitrogens with zero attached hydrogens (tertiary/aromatic N) is 2. The van der Waals surface area contributed by atoms with Crippen molar-refractivity contribution in [1.82, 2.24) is 15.2 Å². The molecule has 0 atom stereocenters. The van der Waals surface area contributed by atoms with Crippen LogP contribution in [0.4, 0.5) is 4.39 Å². The van der Waals surface area contributed by atoms with Crippen molar-refractivity contribution in [2.24, 2.45) is 0 Å². The average molecular weight is 251 g/mol. The van der Waals surface area contributed by atoms with Crippen molar-refractivity contribution in [2.75, 3.05) is 19.6 Å². The summed E-state index contributed by atoms with van der Waals surface area (Å²) in [6, 6.07) is 2.80. The van der Waals surface area contributed by atoms with Gasteiger partial charge in [0.2, 0.25) is 11.9 Å². The number of carbonyl (C=O) groups is 2. The van der Waals surface area contributed by atoms with Crippen molar-refractivity contribution >= 4 is 11.8 Å². The molecule has 5 nitrogen and oxygen atoms in total. The Morgan fingerprint density at radius 1 is 1.39 bits per heavy atom. The van der Waals surface area contributed by atoms with Crippen molar-refractivity contribution in [3.8, 4) is 0 Å². The summed E-state index contributed by atoms with van der Waals surface area (Å²) < 4.78 is 13.2. The highest BCUT2D eigenvalue weighted by molar-refractivity contribution is 5.96. The number of likely N-dealkylation sites (tertiary alicyclic amines) is 1. The first-order chi connectivity index (χ1) is 8.68. The van der Waals surface area contributed by atoms with E-state index in [1.54, 1.807) is 4.90 Å². The predicted octanol–water partition coefficient (Wildman–Crippen LogP) is 0.573. The van der Waals surface area contributed by atoms with Crippen LogP contribution in [0.3, 0.4) is 0 Å². The number of halogens is 1. The number of pyridine rings is 1. The van der Waals surface area contributed by atoms with E-state index in [1.165, 1.54) is 18.3 Å². The lowest BCUT2D eigenvalue weighted by Crippen LogP contribution is -2.38. The third-order valence-electron chi connectivity index (χ3n) is 2.86. The molecule has 1 aliphatic heterocycles. The second-order valence-electron chi connectivity index (χ2n) is 4.11. The Morgan fingerprint density at radius 3 is 2.78 bits per heavy atom. The first-order valence-electron chi connectivity index (χ1n) is 5.85. The summed E-state index contributed by atoms with van der Waals surface area (Å²) in [4.78, 5) is 28.4. The zero-order valence-corrected chi connectivity index (χ0v) is 9.86. The molecule has 6 heteroatoms. The average Bonchev–Trinajstić information content (AvgIpc) is 2.90. The largest absolute Gasteiger partial charge is 0.343 e. The number of carbonyl (C=O) groups excluding carboxylic acids is 2. The first-order valence-corrected chi connectivity index (χ1v) is 5.85. The SMILES string of the molecule is O=C(NCC(=O)N1CCCC1)c1cccnc1F. The minimum Gasteiger partial charge on any atom is -0.343 e. The van der Waals surface area contributed by atoms with Gasteiger partial charge < -0.3 is 10.2 Å². The van der Waals surface area contributed by atoms with Crippen LogP contribution >= 0.6 is 0 Å². The summed E-state index contributed by atoms with van der Waals surface area (Å²) in [5.41, 5.74) is -0.147. The van der Waals surface area contributed by atoms with Crippen LogP contribution in [0.2, 0.25) is 0 Å². The highest BCUT2D eigenvalue weighted by Crippen LogP contribution is 2.07. The minimum atomic E-state index is -0.830. The highest BCUT2D eigenvalue weighted by atomic mass is 19.1. The molecule has 1 aromatic rings. The number of amides is 2. The Bertz CT molecular complexity index is 458. The lowest BCUT2D eigenvalue weighted by atomic mass is 10.2. The van der Waals surface area contributed by atoms with Crippen molar-refractivity contribution in [2.45, 2.75) is 12.8 Å². The van der Waals surface area contributed by atoms with Crippen LogP contribution in [0.25, 0.3) is 0 Å². The Hall–Kier alpha value is -1.98. The molecule has 0 radical (unpaired) electrons. The summed E-state index contributed by atoms with van der Waals surface area (Å²) in [7, 11) is 0. The molecular formula is C12H14FN3O2. The fourth-order valence-electron chi connectivity index (χ4n) is 1.88. The van der Waals surface area contributed by atoms with Gasteiger partial charge in [0.05, 0.1) is 12.1 Å². The second-order valence-corrected chi connectivity index (χ2v) is 4.11. The summed E-state index contributed by atoms with van der Waals surface area (Å²) in [6.07, 6.45) is 3.26. The van der Waals surface area contributed by atoms with Gasteiger partial charge in [-0.3, -0.25) is 9.59 Å². The standard InChI is InChI=1S/C12H14FN3O2/c13-11-9(4-3-5-14-11)12(18)15-8-10(17)16-6-1-2-7-16/h3-5H,1-2,6-8H2,(H,15,18). The Labute approximate surface area is 104 Å². The van der Waals surface area contributed by atoms with Crippen molar-refractivity contribution in [3.63, 3.8) is 0 Å². The molecule has 2 amide bonds. The molecule has 2 rings (SSSR count). The van der Waals surface area contributed by atoms with E-state index in [2.05, 4.69) is 10.3 Å². The van der Waals surface area contributed by atoms with Gasteiger partial charge in [-0.25, -0.2) is 4.98 Å². The smallest absolute Gasteiger partial charge is 0.256 e. The van der Waals surface area contributed by atoms with Gasteiger partial charge in [-0.15, -0.1) is 0 Å². The molecule has 1 aliphatic rings. The Kier molecular flexibility index (Phi) is 3.86. The van der Waals surface area contributed by atoms with Gasteiger partial charge in [0.15, 0.2) is 0 Å². The van der Waals surface area contributed by atoms with Crippen LogP contribution in [-0.4, -0.2) is 41.3 Å². The van der Waals surface area contributed by atoms with E-state index in [0.29, 0.717) is 0 Å². The molecule has 1 saturated heterocycles. The normalized spacial score (nSPS) is 14.6. The molecule has 18 heavy (non-hydrogen) atoms. The van der Waals surface area contributed by atoms with E-state index in [9.17, 15) is 14.0 Å². The van der Waals surface area contributed by atoms with Crippen LogP contribution in [0.5, 0.6) is 0 Å². The zero-order valence-electron chi connectivity index (χ0n) is 9.86. The van der Waals surface area contributed by atoms with E-state index in [4.69, 9.17) is 0 Å². The van der Waals surface area contributed by atoms with Gasteiger partial charge in [-0.05, 0) is 25.0 Å². The van der Waals surface area contributed by atoms with E-state index in [1.807, 2.05) is 0 Å². The number of aromatic nitrogens is 1. The monoisotopic (exact) mass is 251 g/mol. The summed E-state index contributed by atoms with van der Waals surface area (Å²) >= 11 is 0. The van der Waals surface area contributed by atoms with Crippen molar-refractivity contribution < 1.29 is 14.0 Å². The van der Waals surface area contributed by atoms with Crippen LogP contribution in [-0.2, 0) is 4.79 Å². The van der Waals surface area contributed by atoms with Gasteiger partial charge in [0.25, 0.3) is 5.91 Å². The molecule has 1 N–H and O–H groups in total. The fourth-order valence-corrected chi connectivity index (χ4v) is 1.88. The topological polar surface area (TPSA) is 62.3 Å². The maximum absolute atomic E-state index is 13.2. The third kappa shape index (κ3) is 2.82. The summed E-state index contributed by atoms with van der Waals surface area (Å²) in [5, 5.41) is 2.41. The van der Waals surface area contributed by atoms with Crippen LogP contribution in [0.15, 0.2) is 18.3 Å². The van der Waals surface area contributed by atoms with Crippen molar-refractivity contribution in [3.05, 3.63) is 29.8 Å². The molecule has 96 valence electrons. The predicted molar refractivity (Wildman–Crippen MR) is 62.3 cm³/mol. The Morgan fingerprint density at radius 2 is 2.11 bits per heavy atom. The van der Waals surface area contributed by atoms with Gasteiger partial charge >= 0.3 is 0 Å². The zero-order chi connectivity index (χ0) is 13.0. The van der Waals surface area contributed by atoms with Gasteiger partial charge in [0, 0.05) is 19.3 Å². The molecule has 0 spiro atoms. The maximum Gasteiger partial charge on any atom is 0.256 e. The second kappa shape index (κ2) is 5.57. The molecule has 1 fully saturated rings. The Balaban J connectivity index is 1.88. The number of nitrogens with one attached hydrogen (secondary N) is 1.